The summed E-state index contributed by atoms with van der Waals surface area (Å²) < 4.78 is 10.8. The Morgan fingerprint density at radius 2 is 2.27 bits per heavy atom. The van der Waals surface area contributed by atoms with Gasteiger partial charge in [0.2, 0.25) is 5.91 Å². The average molecular weight is 320 g/mol. The van der Waals surface area contributed by atoms with Crippen LogP contribution in [0.2, 0.25) is 0 Å². The van der Waals surface area contributed by atoms with Gasteiger partial charge in [-0.25, -0.2) is 4.98 Å². The van der Waals surface area contributed by atoms with Crippen LogP contribution in [0.25, 0.3) is 0 Å². The fourth-order valence-electron chi connectivity index (χ4n) is 1.85. The van der Waals surface area contributed by atoms with Crippen LogP contribution >= 0.6 is 11.3 Å². The number of aryl methyl sites for hydroxylation is 1. The molecule has 0 saturated carbocycles. The van der Waals surface area contributed by atoms with E-state index in [1.54, 1.807) is 14.0 Å². The fourth-order valence-corrected chi connectivity index (χ4v) is 2.56. The Morgan fingerprint density at radius 1 is 1.45 bits per heavy atom. The molecule has 6 heteroatoms. The van der Waals surface area contributed by atoms with E-state index in [1.807, 2.05) is 36.6 Å². The van der Waals surface area contributed by atoms with Crippen molar-refractivity contribution in [2.45, 2.75) is 33.1 Å². The van der Waals surface area contributed by atoms with Crippen molar-refractivity contribution in [1.29, 1.82) is 0 Å². The monoisotopic (exact) mass is 320 g/mol. The molecule has 0 aliphatic heterocycles. The molecule has 1 heterocycles. The van der Waals surface area contributed by atoms with E-state index >= 15 is 0 Å². The lowest BCUT2D eigenvalue weighted by atomic mass is 10.2. The molecule has 0 aliphatic rings. The van der Waals surface area contributed by atoms with Crippen LogP contribution < -0.4 is 10.1 Å². The number of amides is 1. The standard InChI is InChI=1S/C16H20N2O3S/c1-11-10-22-15(18-11)8-17-16(19)12(2)21-9-13-5-4-6-14(7-13)20-3/h4-7,10,12H,8-9H2,1-3H3,(H,17,19)/t12-/m0/s1. The lowest BCUT2D eigenvalue weighted by Gasteiger charge is -2.13. The van der Waals surface area contributed by atoms with Gasteiger partial charge in [-0.15, -0.1) is 11.3 Å². The minimum Gasteiger partial charge on any atom is -0.497 e. The average Bonchev–Trinajstić information content (AvgIpc) is 2.96. The number of carbonyl (C=O) groups excluding carboxylic acids is 1. The number of nitrogens with one attached hydrogen (secondary N) is 1. The van der Waals surface area contributed by atoms with Gasteiger partial charge < -0.3 is 14.8 Å². The van der Waals surface area contributed by atoms with Crippen LogP contribution in [0.4, 0.5) is 0 Å². The first-order valence-corrected chi connectivity index (χ1v) is 7.89. The number of benzene rings is 1. The Labute approximate surface area is 134 Å². The van der Waals surface area contributed by atoms with Crippen molar-refractivity contribution in [3.05, 3.63) is 45.9 Å². The number of hydrogen-bond acceptors (Lipinski definition) is 5. The van der Waals surface area contributed by atoms with E-state index in [9.17, 15) is 4.79 Å². The van der Waals surface area contributed by atoms with Gasteiger partial charge in [-0.05, 0) is 31.5 Å². The van der Waals surface area contributed by atoms with Crippen LogP contribution in [0.5, 0.6) is 5.75 Å². The summed E-state index contributed by atoms with van der Waals surface area (Å²) in [6.45, 7) is 4.47. The Morgan fingerprint density at radius 3 is 2.95 bits per heavy atom. The molecule has 0 aliphatic carbocycles. The third-order valence-electron chi connectivity index (χ3n) is 3.08. The fraction of sp³-hybridized carbons (Fsp3) is 0.375. The van der Waals surface area contributed by atoms with Crippen molar-refractivity contribution in [1.82, 2.24) is 10.3 Å². The molecule has 1 aromatic heterocycles. The van der Waals surface area contributed by atoms with Crippen molar-refractivity contribution in [2.24, 2.45) is 0 Å². The summed E-state index contributed by atoms with van der Waals surface area (Å²) in [6.07, 6.45) is -0.521. The van der Waals surface area contributed by atoms with Crippen LogP contribution in [0.15, 0.2) is 29.6 Å². The van der Waals surface area contributed by atoms with E-state index in [4.69, 9.17) is 9.47 Å². The number of ether oxygens (including phenoxy) is 2. The van der Waals surface area contributed by atoms with E-state index < -0.39 is 6.10 Å². The zero-order valence-corrected chi connectivity index (χ0v) is 13.8. The normalized spacial score (nSPS) is 12.0. The molecule has 0 fully saturated rings. The number of carbonyl (C=O) groups is 1. The van der Waals surface area contributed by atoms with E-state index in [1.165, 1.54) is 11.3 Å². The van der Waals surface area contributed by atoms with E-state index in [-0.39, 0.29) is 5.91 Å². The highest BCUT2D eigenvalue weighted by Crippen LogP contribution is 2.14. The summed E-state index contributed by atoms with van der Waals surface area (Å²) in [5.74, 6) is 0.632. The predicted molar refractivity (Wildman–Crippen MR) is 85.9 cm³/mol. The van der Waals surface area contributed by atoms with Gasteiger partial charge in [0.1, 0.15) is 16.9 Å². The van der Waals surface area contributed by atoms with Crippen molar-refractivity contribution < 1.29 is 14.3 Å². The largest absolute Gasteiger partial charge is 0.497 e. The molecular weight excluding hydrogens is 300 g/mol. The maximum atomic E-state index is 12.0. The van der Waals surface area contributed by atoms with Crippen molar-refractivity contribution in [3.63, 3.8) is 0 Å². The molecule has 1 N–H and O–H groups in total. The number of thiazole rings is 1. The van der Waals surface area contributed by atoms with Gasteiger partial charge in [0.15, 0.2) is 0 Å². The quantitative estimate of drug-likeness (QED) is 0.852. The minimum atomic E-state index is -0.521. The number of nitrogens with zero attached hydrogens (tertiary/aromatic N) is 1. The van der Waals surface area contributed by atoms with Gasteiger partial charge in [0, 0.05) is 11.1 Å². The highest BCUT2D eigenvalue weighted by atomic mass is 32.1. The van der Waals surface area contributed by atoms with Gasteiger partial charge in [0.05, 0.1) is 20.3 Å². The molecule has 1 aromatic carbocycles. The molecule has 22 heavy (non-hydrogen) atoms. The number of aromatic nitrogens is 1. The van der Waals surface area contributed by atoms with Gasteiger partial charge in [-0.3, -0.25) is 4.79 Å². The molecular formula is C16H20N2O3S. The van der Waals surface area contributed by atoms with E-state index in [0.717, 1.165) is 22.0 Å². The first-order chi connectivity index (χ1) is 10.6. The molecule has 0 unspecified atom stereocenters. The van der Waals surface area contributed by atoms with Crippen molar-refractivity contribution in [2.75, 3.05) is 7.11 Å². The topological polar surface area (TPSA) is 60.5 Å². The van der Waals surface area contributed by atoms with Crippen molar-refractivity contribution >= 4 is 17.2 Å². The van der Waals surface area contributed by atoms with E-state index in [0.29, 0.717) is 13.2 Å². The molecule has 0 radical (unpaired) electrons. The zero-order valence-electron chi connectivity index (χ0n) is 13.0. The molecule has 0 saturated heterocycles. The van der Waals surface area contributed by atoms with Crippen LogP contribution in [0.1, 0.15) is 23.2 Å². The molecule has 1 amide bonds. The van der Waals surface area contributed by atoms with Gasteiger partial charge in [-0.1, -0.05) is 12.1 Å². The van der Waals surface area contributed by atoms with Gasteiger partial charge in [0.25, 0.3) is 0 Å². The molecule has 5 nitrogen and oxygen atoms in total. The maximum Gasteiger partial charge on any atom is 0.249 e. The van der Waals surface area contributed by atoms with Crippen LogP contribution in [0.3, 0.4) is 0 Å². The Bertz CT molecular complexity index is 627. The number of methoxy groups -OCH3 is 1. The van der Waals surface area contributed by atoms with Gasteiger partial charge >= 0.3 is 0 Å². The second-order valence-corrected chi connectivity index (χ2v) is 5.85. The third-order valence-corrected chi connectivity index (χ3v) is 4.05. The highest BCUT2D eigenvalue weighted by Gasteiger charge is 2.13. The summed E-state index contributed by atoms with van der Waals surface area (Å²) in [6, 6.07) is 7.59. The second kappa shape index (κ2) is 7.91. The zero-order chi connectivity index (χ0) is 15.9. The molecule has 118 valence electrons. The molecule has 1 atom stereocenters. The Balaban J connectivity index is 1.78. The summed E-state index contributed by atoms with van der Waals surface area (Å²) in [5, 5.41) is 5.69. The first-order valence-electron chi connectivity index (χ1n) is 7.01. The van der Waals surface area contributed by atoms with Crippen LogP contribution in [-0.4, -0.2) is 24.1 Å². The molecule has 2 rings (SSSR count). The summed E-state index contributed by atoms with van der Waals surface area (Å²) in [7, 11) is 1.62. The van der Waals surface area contributed by atoms with Crippen molar-refractivity contribution in [3.8, 4) is 5.75 Å². The van der Waals surface area contributed by atoms with Crippen LogP contribution in [-0.2, 0) is 22.7 Å². The summed E-state index contributed by atoms with van der Waals surface area (Å²) in [4.78, 5) is 16.3. The third kappa shape index (κ3) is 4.82. The Kier molecular flexibility index (Phi) is 5.91. The second-order valence-electron chi connectivity index (χ2n) is 4.91. The summed E-state index contributed by atoms with van der Waals surface area (Å²) in [5.41, 5.74) is 1.94. The summed E-state index contributed by atoms with van der Waals surface area (Å²) >= 11 is 1.54. The van der Waals surface area contributed by atoms with Gasteiger partial charge in [-0.2, -0.15) is 0 Å². The SMILES string of the molecule is COc1cccc(CO[C@@H](C)C(=O)NCc2nc(C)cs2)c1. The molecule has 2 aromatic rings. The lowest BCUT2D eigenvalue weighted by molar-refractivity contribution is -0.132. The number of rotatable bonds is 7. The molecule has 0 bridgehead atoms. The lowest BCUT2D eigenvalue weighted by Crippen LogP contribution is -2.34. The maximum absolute atomic E-state index is 12.0. The predicted octanol–water partition coefficient (Wildman–Crippen LogP) is 2.68. The van der Waals surface area contributed by atoms with E-state index in [2.05, 4.69) is 10.3 Å². The first kappa shape index (κ1) is 16.5. The molecule has 0 spiro atoms. The number of hydrogen-bond donors (Lipinski definition) is 1. The minimum absolute atomic E-state index is 0.143. The smallest absolute Gasteiger partial charge is 0.249 e. The highest BCUT2D eigenvalue weighted by molar-refractivity contribution is 7.09. The van der Waals surface area contributed by atoms with Crippen LogP contribution in [0, 0.1) is 6.92 Å². The Hall–Kier alpha value is -1.92.